The number of benzene rings is 1. The molecule has 1 aromatic carbocycles. The number of unbranched alkanes of at least 4 members (excludes halogenated alkanes) is 1. The van der Waals surface area contributed by atoms with E-state index >= 15 is 0 Å². The molecule has 1 atom stereocenters. The van der Waals surface area contributed by atoms with Gasteiger partial charge in [-0.2, -0.15) is 0 Å². The second kappa shape index (κ2) is 7.67. The Morgan fingerprint density at radius 2 is 2.00 bits per heavy atom. The zero-order chi connectivity index (χ0) is 14.3. The molecular formula is C15H19FO3. The van der Waals surface area contributed by atoms with Crippen molar-refractivity contribution >= 4 is 11.8 Å². The molecule has 0 aromatic heterocycles. The van der Waals surface area contributed by atoms with Crippen LogP contribution in [0.15, 0.2) is 24.3 Å². The Bertz CT molecular complexity index is 443. The molecule has 0 aliphatic heterocycles. The van der Waals surface area contributed by atoms with Gasteiger partial charge in [-0.3, -0.25) is 9.59 Å². The molecule has 0 aliphatic carbocycles. The lowest BCUT2D eigenvalue weighted by Crippen LogP contribution is -2.27. The molecule has 0 heterocycles. The van der Waals surface area contributed by atoms with Gasteiger partial charge in [0.25, 0.3) is 0 Å². The molecule has 1 unspecified atom stereocenters. The number of ketones is 1. The van der Waals surface area contributed by atoms with E-state index < -0.39 is 17.7 Å². The molecule has 0 N–H and O–H groups in total. The van der Waals surface area contributed by atoms with Gasteiger partial charge in [-0.1, -0.05) is 38.0 Å². The van der Waals surface area contributed by atoms with E-state index in [0.29, 0.717) is 12.0 Å². The summed E-state index contributed by atoms with van der Waals surface area (Å²) >= 11 is 0. The van der Waals surface area contributed by atoms with E-state index in [9.17, 15) is 14.0 Å². The number of methoxy groups -OCH3 is 1. The van der Waals surface area contributed by atoms with Gasteiger partial charge in [-0.15, -0.1) is 0 Å². The number of Topliss-reactive ketones (excluding diaryl/α,β-unsaturated/α-hetero) is 1. The Hall–Kier alpha value is -1.71. The molecule has 0 aliphatic rings. The van der Waals surface area contributed by atoms with Crippen LogP contribution in [0.4, 0.5) is 4.39 Å². The molecule has 0 spiro atoms. The quantitative estimate of drug-likeness (QED) is 0.563. The maximum atomic E-state index is 13.5. The van der Waals surface area contributed by atoms with E-state index in [1.165, 1.54) is 13.2 Å². The van der Waals surface area contributed by atoms with Crippen LogP contribution in [0.5, 0.6) is 0 Å². The number of hydrogen-bond acceptors (Lipinski definition) is 3. The summed E-state index contributed by atoms with van der Waals surface area (Å²) in [6, 6.07) is 6.10. The highest BCUT2D eigenvalue weighted by Gasteiger charge is 2.27. The summed E-state index contributed by atoms with van der Waals surface area (Å²) < 4.78 is 18.1. The van der Waals surface area contributed by atoms with Gasteiger partial charge in [0, 0.05) is 6.42 Å². The van der Waals surface area contributed by atoms with Gasteiger partial charge in [-0.05, 0) is 18.1 Å². The van der Waals surface area contributed by atoms with Crippen LogP contribution < -0.4 is 0 Å². The average molecular weight is 266 g/mol. The van der Waals surface area contributed by atoms with E-state index in [1.54, 1.807) is 18.2 Å². The number of hydrogen-bond donors (Lipinski definition) is 0. The molecule has 104 valence electrons. The van der Waals surface area contributed by atoms with Crippen molar-refractivity contribution in [3.63, 3.8) is 0 Å². The van der Waals surface area contributed by atoms with Gasteiger partial charge in [0.15, 0.2) is 5.78 Å². The van der Waals surface area contributed by atoms with Crippen LogP contribution in [-0.4, -0.2) is 18.9 Å². The summed E-state index contributed by atoms with van der Waals surface area (Å²) in [5, 5.41) is 0. The molecule has 0 radical (unpaired) electrons. The first-order chi connectivity index (χ1) is 9.10. The third kappa shape index (κ3) is 4.47. The first kappa shape index (κ1) is 15.3. The van der Waals surface area contributed by atoms with Gasteiger partial charge in [-0.25, -0.2) is 4.39 Å². The lowest BCUT2D eigenvalue weighted by molar-refractivity contribution is -0.149. The van der Waals surface area contributed by atoms with Crippen LogP contribution in [-0.2, 0) is 20.7 Å². The molecule has 0 saturated carbocycles. The summed E-state index contributed by atoms with van der Waals surface area (Å²) in [7, 11) is 1.26. The Labute approximate surface area is 112 Å². The van der Waals surface area contributed by atoms with Crippen molar-refractivity contribution in [2.75, 3.05) is 7.11 Å². The number of halogens is 1. The minimum atomic E-state index is -0.787. The maximum absolute atomic E-state index is 13.5. The molecule has 1 rings (SSSR count). The van der Waals surface area contributed by atoms with E-state index in [0.717, 1.165) is 12.8 Å². The fourth-order valence-corrected chi connectivity index (χ4v) is 1.91. The number of carbonyl (C=O) groups is 2. The summed E-state index contributed by atoms with van der Waals surface area (Å²) in [6.45, 7) is 1.98. The minimum absolute atomic E-state index is 0.0733. The topological polar surface area (TPSA) is 43.4 Å². The number of esters is 1. The second-order valence-electron chi connectivity index (χ2n) is 4.45. The molecule has 0 bridgehead atoms. The van der Waals surface area contributed by atoms with Gasteiger partial charge in [0.1, 0.15) is 11.7 Å². The number of carbonyl (C=O) groups excluding carboxylic acids is 2. The van der Waals surface area contributed by atoms with Crippen molar-refractivity contribution in [1.82, 2.24) is 0 Å². The normalized spacial score (nSPS) is 11.9. The van der Waals surface area contributed by atoms with Gasteiger partial charge < -0.3 is 4.74 Å². The minimum Gasteiger partial charge on any atom is -0.468 e. The van der Waals surface area contributed by atoms with Crippen molar-refractivity contribution in [3.8, 4) is 0 Å². The van der Waals surface area contributed by atoms with Crippen molar-refractivity contribution in [2.24, 2.45) is 5.92 Å². The summed E-state index contributed by atoms with van der Waals surface area (Å²) in [4.78, 5) is 23.7. The van der Waals surface area contributed by atoms with Gasteiger partial charge in [0.2, 0.25) is 0 Å². The van der Waals surface area contributed by atoms with Crippen LogP contribution in [0.3, 0.4) is 0 Å². The first-order valence-corrected chi connectivity index (χ1v) is 6.44. The highest BCUT2D eigenvalue weighted by atomic mass is 19.1. The lowest BCUT2D eigenvalue weighted by Gasteiger charge is -2.13. The molecule has 1 aromatic rings. The van der Waals surface area contributed by atoms with Crippen LogP contribution in [0, 0.1) is 11.7 Å². The first-order valence-electron chi connectivity index (χ1n) is 6.44. The van der Waals surface area contributed by atoms with Crippen LogP contribution >= 0.6 is 0 Å². The van der Waals surface area contributed by atoms with Crippen LogP contribution in [0.2, 0.25) is 0 Å². The number of rotatable bonds is 7. The van der Waals surface area contributed by atoms with Crippen molar-refractivity contribution in [2.45, 2.75) is 32.6 Å². The van der Waals surface area contributed by atoms with Crippen LogP contribution in [0.25, 0.3) is 0 Å². The Morgan fingerprint density at radius 1 is 1.32 bits per heavy atom. The lowest BCUT2D eigenvalue weighted by atomic mass is 9.93. The smallest absolute Gasteiger partial charge is 0.316 e. The SMILES string of the molecule is CCCCC(C(=O)Cc1ccccc1F)C(=O)OC. The van der Waals surface area contributed by atoms with Crippen molar-refractivity contribution in [3.05, 3.63) is 35.6 Å². The Kier molecular flexibility index (Phi) is 6.19. The summed E-state index contributed by atoms with van der Waals surface area (Å²) in [6.07, 6.45) is 2.04. The molecule has 3 nitrogen and oxygen atoms in total. The molecule has 0 amide bonds. The summed E-state index contributed by atoms with van der Waals surface area (Å²) in [5.41, 5.74) is 0.318. The third-order valence-corrected chi connectivity index (χ3v) is 3.04. The maximum Gasteiger partial charge on any atom is 0.316 e. The highest BCUT2D eigenvalue weighted by Crippen LogP contribution is 2.16. The molecular weight excluding hydrogens is 247 g/mol. The fourth-order valence-electron chi connectivity index (χ4n) is 1.91. The van der Waals surface area contributed by atoms with Gasteiger partial charge >= 0.3 is 5.97 Å². The monoisotopic (exact) mass is 266 g/mol. The zero-order valence-corrected chi connectivity index (χ0v) is 11.3. The predicted octanol–water partition coefficient (Wildman–Crippen LogP) is 2.92. The molecule has 4 heteroatoms. The van der Waals surface area contributed by atoms with Crippen molar-refractivity contribution < 1.29 is 18.7 Å². The van der Waals surface area contributed by atoms with Crippen molar-refractivity contribution in [1.29, 1.82) is 0 Å². The predicted molar refractivity (Wildman–Crippen MR) is 70.1 cm³/mol. The molecule has 0 fully saturated rings. The largest absolute Gasteiger partial charge is 0.468 e. The second-order valence-corrected chi connectivity index (χ2v) is 4.45. The Morgan fingerprint density at radius 3 is 2.58 bits per heavy atom. The zero-order valence-electron chi connectivity index (χ0n) is 11.3. The van der Waals surface area contributed by atoms with E-state index in [-0.39, 0.29) is 12.2 Å². The standard InChI is InChI=1S/C15H19FO3/c1-3-4-8-12(15(18)19-2)14(17)10-11-7-5-6-9-13(11)16/h5-7,9,12H,3-4,8,10H2,1-2H3. The summed E-state index contributed by atoms with van der Waals surface area (Å²) in [5.74, 6) is -2.03. The molecule has 0 saturated heterocycles. The van der Waals surface area contributed by atoms with E-state index in [4.69, 9.17) is 0 Å². The fraction of sp³-hybridized carbons (Fsp3) is 0.467. The van der Waals surface area contributed by atoms with Crippen LogP contribution in [0.1, 0.15) is 31.7 Å². The average Bonchev–Trinajstić information content (AvgIpc) is 2.41. The Balaban J connectivity index is 2.77. The highest BCUT2D eigenvalue weighted by molar-refractivity contribution is 5.99. The third-order valence-electron chi connectivity index (χ3n) is 3.04. The van der Waals surface area contributed by atoms with Gasteiger partial charge in [0.05, 0.1) is 7.11 Å². The van der Waals surface area contributed by atoms with E-state index in [2.05, 4.69) is 4.74 Å². The molecule has 19 heavy (non-hydrogen) atoms. The number of ether oxygens (including phenoxy) is 1. The van der Waals surface area contributed by atoms with E-state index in [1.807, 2.05) is 6.92 Å².